The molecular weight excluding hydrogens is 521 g/mol. The van der Waals surface area contributed by atoms with Gasteiger partial charge in [-0.1, -0.05) is 45.0 Å². The van der Waals surface area contributed by atoms with E-state index in [2.05, 4.69) is 41.4 Å². The molecule has 0 aromatic heterocycles. The van der Waals surface area contributed by atoms with Crippen LogP contribution in [0.4, 0.5) is 24.5 Å². The second kappa shape index (κ2) is 14.0. The second-order valence-corrected chi connectivity index (χ2v) is 10.6. The normalized spacial score (nSPS) is 17.4. The van der Waals surface area contributed by atoms with Crippen molar-refractivity contribution in [2.75, 3.05) is 38.0 Å². The fourth-order valence-corrected chi connectivity index (χ4v) is 5.67. The molecule has 10 heteroatoms. The number of anilines is 1. The van der Waals surface area contributed by atoms with Crippen molar-refractivity contribution in [1.29, 1.82) is 0 Å². The molecule has 40 heavy (non-hydrogen) atoms. The van der Waals surface area contributed by atoms with E-state index < -0.39 is 22.4 Å². The molecule has 2 aliphatic heterocycles. The van der Waals surface area contributed by atoms with Gasteiger partial charge in [0.15, 0.2) is 0 Å². The Kier molecular flexibility index (Phi) is 11.0. The molecule has 2 heterocycles. The van der Waals surface area contributed by atoms with Crippen molar-refractivity contribution in [3.8, 4) is 0 Å². The quantitative estimate of drug-likeness (QED) is 0.266. The van der Waals surface area contributed by atoms with Gasteiger partial charge in [-0.3, -0.25) is 14.9 Å². The van der Waals surface area contributed by atoms with Gasteiger partial charge in [-0.15, -0.1) is 0 Å². The monoisotopic (exact) mass is 562 g/mol. The van der Waals surface area contributed by atoms with Gasteiger partial charge in [-0.25, -0.2) is 0 Å². The lowest BCUT2D eigenvalue weighted by molar-refractivity contribution is -0.388. The summed E-state index contributed by atoms with van der Waals surface area (Å²) in [5.41, 5.74) is 0.764. The zero-order valence-corrected chi connectivity index (χ0v) is 22.4. The van der Waals surface area contributed by atoms with Gasteiger partial charge in [0.05, 0.1) is 4.92 Å². The van der Waals surface area contributed by atoms with Crippen LogP contribution in [0.1, 0.15) is 75.5 Å². The number of piperidine rings is 2. The van der Waals surface area contributed by atoms with Crippen molar-refractivity contribution in [2.24, 2.45) is 0 Å². The van der Waals surface area contributed by atoms with Gasteiger partial charge in [0.25, 0.3) is 5.69 Å². The van der Waals surface area contributed by atoms with E-state index in [-0.39, 0.29) is 25.1 Å². The number of hydrogen-bond donors (Lipinski definition) is 1. The Morgan fingerprint density at radius 2 is 1.68 bits per heavy atom. The Hall–Kier alpha value is -3.14. The molecule has 0 unspecified atom stereocenters. The molecule has 2 saturated heterocycles. The fourth-order valence-electron chi connectivity index (χ4n) is 5.67. The lowest BCUT2D eigenvalue weighted by atomic mass is 9.88. The molecule has 7 nitrogen and oxygen atoms in total. The van der Waals surface area contributed by atoms with E-state index in [4.69, 9.17) is 0 Å². The van der Waals surface area contributed by atoms with E-state index in [1.807, 2.05) is 4.90 Å². The van der Waals surface area contributed by atoms with Gasteiger partial charge in [0.1, 0.15) is 5.56 Å². The van der Waals surface area contributed by atoms with Crippen molar-refractivity contribution in [3.63, 3.8) is 0 Å². The molecule has 2 fully saturated rings. The van der Waals surface area contributed by atoms with Crippen LogP contribution >= 0.6 is 0 Å². The van der Waals surface area contributed by atoms with Crippen LogP contribution < -0.4 is 5.32 Å². The smallest absolute Gasteiger partial charge is 0.382 e. The number of carbonyl (C=O) groups excluding carboxylic acids is 1. The van der Waals surface area contributed by atoms with Gasteiger partial charge >= 0.3 is 6.18 Å². The van der Waals surface area contributed by atoms with Crippen LogP contribution in [0, 0.1) is 10.1 Å². The molecule has 2 aromatic carbocycles. The lowest BCUT2D eigenvalue weighted by Crippen LogP contribution is -2.43. The Morgan fingerprint density at radius 1 is 1.02 bits per heavy atom. The molecule has 220 valence electrons. The summed E-state index contributed by atoms with van der Waals surface area (Å²) in [5, 5.41) is 14.0. The maximum atomic E-state index is 13.3. The molecule has 2 aliphatic rings. The van der Waals surface area contributed by atoms with Crippen LogP contribution in [0.5, 0.6) is 0 Å². The summed E-state index contributed by atoms with van der Waals surface area (Å²) in [7, 11) is 0. The maximum absolute atomic E-state index is 13.3. The van der Waals surface area contributed by atoms with Crippen LogP contribution in [-0.2, 0) is 17.4 Å². The Morgan fingerprint density at radius 3 is 2.25 bits per heavy atom. The minimum absolute atomic E-state index is 0. The minimum atomic E-state index is -4.81. The van der Waals surface area contributed by atoms with E-state index in [1.54, 1.807) is 0 Å². The molecule has 2 aromatic rings. The molecule has 0 spiro atoms. The number of nitro benzene ring substituents is 1. The molecule has 1 N–H and O–H groups in total. The van der Waals surface area contributed by atoms with E-state index in [9.17, 15) is 28.1 Å². The van der Waals surface area contributed by atoms with Crippen LogP contribution in [0.25, 0.3) is 0 Å². The number of benzene rings is 2. The first-order valence-corrected chi connectivity index (χ1v) is 13.8. The lowest BCUT2D eigenvalue weighted by Gasteiger charge is -2.35. The van der Waals surface area contributed by atoms with Crippen molar-refractivity contribution in [3.05, 3.63) is 69.3 Å². The highest BCUT2D eigenvalue weighted by Crippen LogP contribution is 2.38. The van der Waals surface area contributed by atoms with Gasteiger partial charge < -0.3 is 15.1 Å². The second-order valence-electron chi connectivity index (χ2n) is 10.6. The molecule has 4 rings (SSSR count). The van der Waals surface area contributed by atoms with Crippen molar-refractivity contribution in [2.45, 2.75) is 77.4 Å². The largest absolute Gasteiger partial charge is 0.423 e. The predicted octanol–water partition coefficient (Wildman–Crippen LogP) is 6.87. The molecule has 0 aliphatic carbocycles. The van der Waals surface area contributed by atoms with Crippen molar-refractivity contribution >= 4 is 17.3 Å². The molecule has 0 bridgehead atoms. The third-order valence-electron chi connectivity index (χ3n) is 7.94. The number of nitrogens with zero attached hydrogens (tertiary/aromatic N) is 3. The van der Waals surface area contributed by atoms with Gasteiger partial charge in [-0.2, -0.15) is 13.2 Å². The van der Waals surface area contributed by atoms with Gasteiger partial charge in [0, 0.05) is 43.9 Å². The summed E-state index contributed by atoms with van der Waals surface area (Å²) in [4.78, 5) is 27.0. The van der Waals surface area contributed by atoms with E-state index >= 15 is 0 Å². The number of rotatable bonds is 9. The predicted molar refractivity (Wildman–Crippen MR) is 152 cm³/mol. The van der Waals surface area contributed by atoms with E-state index in [1.165, 1.54) is 17.2 Å². The molecule has 0 saturated carbocycles. The number of nitrogens with one attached hydrogen (secondary N) is 1. The van der Waals surface area contributed by atoms with Crippen molar-refractivity contribution in [1.82, 2.24) is 9.80 Å². The minimum Gasteiger partial charge on any atom is -0.382 e. The molecular formula is C30H41F3N4O3. The highest BCUT2D eigenvalue weighted by molar-refractivity contribution is 5.76. The summed E-state index contributed by atoms with van der Waals surface area (Å²) in [6, 6.07) is 11.9. The maximum Gasteiger partial charge on any atom is 0.423 e. The third-order valence-corrected chi connectivity index (χ3v) is 7.94. The third kappa shape index (κ3) is 8.19. The van der Waals surface area contributed by atoms with E-state index in [0.717, 1.165) is 57.5 Å². The van der Waals surface area contributed by atoms with E-state index in [0.29, 0.717) is 38.3 Å². The number of halogens is 3. The summed E-state index contributed by atoms with van der Waals surface area (Å²) in [5.74, 6) is 0.680. The Labute approximate surface area is 234 Å². The number of alkyl halides is 3. The highest BCUT2D eigenvalue weighted by Gasteiger charge is 2.38. The summed E-state index contributed by atoms with van der Waals surface area (Å²) < 4.78 is 39.8. The van der Waals surface area contributed by atoms with Gasteiger partial charge in [-0.05, 0) is 74.4 Å². The van der Waals surface area contributed by atoms with Gasteiger partial charge in [0.2, 0.25) is 5.91 Å². The van der Waals surface area contributed by atoms with Crippen molar-refractivity contribution < 1.29 is 22.9 Å². The fraction of sp³-hybridized carbons (Fsp3) is 0.567. The molecule has 0 atom stereocenters. The average Bonchev–Trinajstić information content (AvgIpc) is 2.92. The van der Waals surface area contributed by atoms with Crippen LogP contribution in [0.3, 0.4) is 0 Å². The SMILES string of the molecule is C.CCCc1ccc(C2CCN(CCC(=O)N3CCC(Nc4ccc([N+](=O)[O-])c(C(F)(F)F)c4)CC3)CC2)cc1. The van der Waals surface area contributed by atoms with Crippen LogP contribution in [-0.4, -0.2) is 59.4 Å². The molecule has 1 amide bonds. The first kappa shape index (κ1) is 31.4. The number of aryl methyl sites for hydroxylation is 1. The number of carbonyl (C=O) groups is 1. The number of hydrogen-bond acceptors (Lipinski definition) is 5. The highest BCUT2D eigenvalue weighted by atomic mass is 19.4. The Balaban J connectivity index is 0.00000441. The standard InChI is InChI=1S/C29H37F3N4O3.CH4/c1-2-3-21-4-6-22(7-5-21)23-10-15-34(16-11-23)17-14-28(37)35-18-12-24(13-19-35)33-25-8-9-27(36(38)39)26(20-25)29(30,31)32;/h4-9,20,23-24,33H,2-3,10-19H2,1H3;1H4. The zero-order valence-electron chi connectivity index (χ0n) is 22.4. The number of nitro groups is 1. The number of likely N-dealkylation sites (tertiary alicyclic amines) is 2. The first-order chi connectivity index (χ1) is 18.6. The van der Waals surface area contributed by atoms with Crippen LogP contribution in [0.15, 0.2) is 42.5 Å². The number of amides is 1. The van der Waals surface area contributed by atoms with Crippen LogP contribution in [0.2, 0.25) is 0 Å². The average molecular weight is 563 g/mol. The Bertz CT molecular complexity index is 1120. The topological polar surface area (TPSA) is 78.7 Å². The summed E-state index contributed by atoms with van der Waals surface area (Å²) >= 11 is 0. The molecule has 0 radical (unpaired) electrons. The zero-order chi connectivity index (χ0) is 28.0. The summed E-state index contributed by atoms with van der Waals surface area (Å²) in [6.45, 7) is 5.96. The first-order valence-electron chi connectivity index (χ1n) is 13.8. The summed E-state index contributed by atoms with van der Waals surface area (Å²) in [6.07, 6.45) is 1.31.